The van der Waals surface area contributed by atoms with E-state index in [1.54, 1.807) is 19.9 Å². The van der Waals surface area contributed by atoms with Crippen molar-refractivity contribution in [1.29, 1.82) is 0 Å². The van der Waals surface area contributed by atoms with Crippen molar-refractivity contribution in [2.75, 3.05) is 6.26 Å². The molecule has 0 saturated carbocycles. The number of rotatable bonds is 11. The van der Waals surface area contributed by atoms with Crippen LogP contribution in [-0.2, 0) is 19.4 Å². The van der Waals surface area contributed by atoms with Gasteiger partial charge in [-0.05, 0) is 73.3 Å². The van der Waals surface area contributed by atoms with Crippen LogP contribution in [0.3, 0.4) is 0 Å². The first-order valence-electron chi connectivity index (χ1n) is 11.8. The van der Waals surface area contributed by atoms with Crippen LogP contribution < -0.4 is 0 Å². The minimum atomic E-state index is -3.21. The van der Waals surface area contributed by atoms with Gasteiger partial charge in [0.1, 0.15) is 5.78 Å². The highest BCUT2D eigenvalue weighted by Crippen LogP contribution is 2.38. The zero-order chi connectivity index (χ0) is 25.0. The predicted octanol–water partition coefficient (Wildman–Crippen LogP) is 6.86. The molecule has 0 aliphatic heterocycles. The number of sulfone groups is 1. The Kier molecular flexibility index (Phi) is 10.4. The van der Waals surface area contributed by atoms with Crippen LogP contribution in [0.1, 0.15) is 122 Å². The SMILES string of the molecule is CC(=O)C[C@@H](O[C@@H](C)c1c(C(C)C)cc(C(C)C)cc1C(C)C)/C(C)=C\[C@H](C)S(C)(=O)=O. The molecule has 1 aromatic rings. The summed E-state index contributed by atoms with van der Waals surface area (Å²) < 4.78 is 30.4. The Morgan fingerprint density at radius 3 is 1.72 bits per heavy atom. The summed E-state index contributed by atoms with van der Waals surface area (Å²) in [4.78, 5) is 12.0. The molecule has 1 rings (SSSR count). The molecule has 0 amide bonds. The Hall–Kier alpha value is -1.46. The minimum Gasteiger partial charge on any atom is -0.366 e. The number of ketones is 1. The lowest BCUT2D eigenvalue weighted by Gasteiger charge is -2.30. The molecule has 0 aliphatic carbocycles. The quantitative estimate of drug-likeness (QED) is 0.336. The molecule has 0 heterocycles. The smallest absolute Gasteiger partial charge is 0.153 e. The van der Waals surface area contributed by atoms with E-state index in [1.165, 1.54) is 28.5 Å². The van der Waals surface area contributed by atoms with Crippen molar-refractivity contribution >= 4 is 15.6 Å². The van der Waals surface area contributed by atoms with Gasteiger partial charge < -0.3 is 4.74 Å². The molecule has 3 atom stereocenters. The molecular weight excluding hydrogens is 420 g/mol. The van der Waals surface area contributed by atoms with Crippen molar-refractivity contribution < 1.29 is 17.9 Å². The number of Topliss-reactive ketones (excluding diaryl/α,β-unsaturated/α-hetero) is 1. The molecule has 0 saturated heterocycles. The average Bonchev–Trinajstić information content (AvgIpc) is 2.64. The van der Waals surface area contributed by atoms with E-state index in [0.29, 0.717) is 17.8 Å². The van der Waals surface area contributed by atoms with Gasteiger partial charge in [0.2, 0.25) is 0 Å². The van der Waals surface area contributed by atoms with Crippen LogP contribution in [0.5, 0.6) is 0 Å². The zero-order valence-electron chi connectivity index (χ0n) is 21.9. The summed E-state index contributed by atoms with van der Waals surface area (Å²) in [5.41, 5.74) is 5.85. The van der Waals surface area contributed by atoms with Gasteiger partial charge >= 0.3 is 0 Å². The molecule has 0 unspecified atom stereocenters. The minimum absolute atomic E-state index is 0.0188. The van der Waals surface area contributed by atoms with Crippen LogP contribution in [0.4, 0.5) is 0 Å². The molecule has 0 fully saturated rings. The lowest BCUT2D eigenvalue weighted by atomic mass is 9.82. The van der Waals surface area contributed by atoms with E-state index in [4.69, 9.17) is 4.74 Å². The van der Waals surface area contributed by atoms with Crippen molar-refractivity contribution in [3.63, 3.8) is 0 Å². The molecular formula is C27H44O4S. The highest BCUT2D eigenvalue weighted by Gasteiger charge is 2.26. The topological polar surface area (TPSA) is 60.4 Å². The Bertz CT molecular complexity index is 894. The summed E-state index contributed by atoms with van der Waals surface area (Å²) in [6, 6.07) is 4.59. The molecule has 0 spiro atoms. The highest BCUT2D eigenvalue weighted by molar-refractivity contribution is 7.91. The van der Waals surface area contributed by atoms with Crippen LogP contribution in [-0.4, -0.2) is 31.8 Å². The van der Waals surface area contributed by atoms with Crippen molar-refractivity contribution in [2.45, 2.75) is 111 Å². The van der Waals surface area contributed by atoms with Crippen molar-refractivity contribution in [3.05, 3.63) is 46.0 Å². The number of carbonyl (C=O) groups excluding carboxylic acids is 1. The fourth-order valence-electron chi connectivity index (χ4n) is 3.97. The maximum Gasteiger partial charge on any atom is 0.153 e. The van der Waals surface area contributed by atoms with E-state index in [0.717, 1.165) is 5.57 Å². The van der Waals surface area contributed by atoms with Crippen LogP contribution in [0.15, 0.2) is 23.8 Å². The average molecular weight is 465 g/mol. The van der Waals surface area contributed by atoms with Gasteiger partial charge in [-0.25, -0.2) is 8.42 Å². The first kappa shape index (κ1) is 28.6. The summed E-state index contributed by atoms with van der Waals surface area (Å²) in [5, 5.41) is -0.626. The third-order valence-electron chi connectivity index (χ3n) is 6.11. The molecule has 1 aromatic carbocycles. The van der Waals surface area contributed by atoms with Crippen LogP contribution >= 0.6 is 0 Å². The van der Waals surface area contributed by atoms with E-state index < -0.39 is 21.2 Å². The lowest BCUT2D eigenvalue weighted by molar-refractivity contribution is -0.120. The van der Waals surface area contributed by atoms with E-state index in [2.05, 4.69) is 53.7 Å². The Morgan fingerprint density at radius 2 is 1.38 bits per heavy atom. The van der Waals surface area contributed by atoms with Gasteiger partial charge in [-0.3, -0.25) is 4.79 Å². The second-order valence-electron chi connectivity index (χ2n) is 10.2. The third-order valence-corrected chi connectivity index (χ3v) is 7.59. The fraction of sp³-hybridized carbons (Fsp3) is 0.667. The Labute approximate surface area is 196 Å². The van der Waals surface area contributed by atoms with Crippen molar-refractivity contribution in [2.24, 2.45) is 0 Å². The van der Waals surface area contributed by atoms with Gasteiger partial charge in [-0.15, -0.1) is 0 Å². The Balaban J connectivity index is 3.51. The molecule has 182 valence electrons. The second kappa shape index (κ2) is 11.6. The van der Waals surface area contributed by atoms with Gasteiger partial charge in [0.05, 0.1) is 17.5 Å². The van der Waals surface area contributed by atoms with Gasteiger partial charge in [0.25, 0.3) is 0 Å². The van der Waals surface area contributed by atoms with Gasteiger partial charge in [-0.1, -0.05) is 59.8 Å². The summed E-state index contributed by atoms with van der Waals surface area (Å²) in [6.07, 6.45) is 2.47. The lowest BCUT2D eigenvalue weighted by Crippen LogP contribution is -2.23. The van der Waals surface area contributed by atoms with Gasteiger partial charge in [-0.2, -0.15) is 0 Å². The first-order valence-corrected chi connectivity index (χ1v) is 13.7. The molecule has 0 N–H and O–H groups in total. The summed E-state index contributed by atoms with van der Waals surface area (Å²) in [5.74, 6) is 1.12. The number of hydrogen-bond donors (Lipinski definition) is 0. The van der Waals surface area contributed by atoms with Gasteiger partial charge in [0.15, 0.2) is 9.84 Å². The molecule has 32 heavy (non-hydrogen) atoms. The van der Waals surface area contributed by atoms with E-state index in [1.807, 2.05) is 13.8 Å². The number of carbonyl (C=O) groups is 1. The molecule has 0 bridgehead atoms. The summed E-state index contributed by atoms with van der Waals surface area (Å²) >= 11 is 0. The standard InChI is InChI=1S/C27H44O4S/c1-16(2)23-14-24(17(3)4)27(25(15-23)18(5)6)22(10)31-26(13-20(8)28)19(7)12-21(9)32(11,29)30/h12,14-18,21-22,26H,13H2,1-11H3/b19-12-/t21-,22-,26+/m0/s1. The van der Waals surface area contributed by atoms with Crippen LogP contribution in [0.2, 0.25) is 0 Å². The molecule has 5 heteroatoms. The normalized spacial score (nSPS) is 16.0. The summed E-state index contributed by atoms with van der Waals surface area (Å²) in [6.45, 7) is 20.3. The summed E-state index contributed by atoms with van der Waals surface area (Å²) in [7, 11) is -3.21. The number of benzene rings is 1. The molecule has 0 aliphatic rings. The number of hydrogen-bond acceptors (Lipinski definition) is 4. The fourth-order valence-corrected chi connectivity index (χ4v) is 4.44. The van der Waals surface area contributed by atoms with Crippen molar-refractivity contribution in [1.82, 2.24) is 0 Å². The largest absolute Gasteiger partial charge is 0.366 e. The maximum absolute atomic E-state index is 12.0. The molecule has 0 radical (unpaired) electrons. The zero-order valence-corrected chi connectivity index (χ0v) is 22.8. The molecule has 0 aromatic heterocycles. The monoisotopic (exact) mass is 464 g/mol. The van der Waals surface area contributed by atoms with Crippen molar-refractivity contribution in [3.8, 4) is 0 Å². The van der Waals surface area contributed by atoms with Crippen LogP contribution in [0.25, 0.3) is 0 Å². The molecule has 4 nitrogen and oxygen atoms in total. The highest BCUT2D eigenvalue weighted by atomic mass is 32.2. The van der Waals surface area contributed by atoms with Crippen LogP contribution in [0, 0.1) is 0 Å². The van der Waals surface area contributed by atoms with E-state index in [9.17, 15) is 13.2 Å². The maximum atomic E-state index is 12.0. The number of ether oxygens (including phenoxy) is 1. The van der Waals surface area contributed by atoms with E-state index >= 15 is 0 Å². The Morgan fingerprint density at radius 1 is 0.906 bits per heavy atom. The first-order chi connectivity index (χ1) is 14.6. The van der Waals surface area contributed by atoms with Gasteiger partial charge in [0, 0.05) is 12.7 Å². The predicted molar refractivity (Wildman–Crippen MR) is 135 cm³/mol. The van der Waals surface area contributed by atoms with E-state index in [-0.39, 0.29) is 18.3 Å². The second-order valence-corrected chi connectivity index (χ2v) is 12.6. The third kappa shape index (κ3) is 7.84.